The first-order valence-corrected chi connectivity index (χ1v) is 9.56. The number of aromatic nitrogens is 3. The van der Waals surface area contributed by atoms with Crippen molar-refractivity contribution in [3.63, 3.8) is 0 Å². The van der Waals surface area contributed by atoms with Crippen LogP contribution in [0, 0.1) is 20.8 Å². The normalized spacial score (nSPS) is 12.3. The van der Waals surface area contributed by atoms with Gasteiger partial charge in [0, 0.05) is 12.1 Å². The van der Waals surface area contributed by atoms with E-state index in [-0.39, 0.29) is 11.0 Å². The van der Waals surface area contributed by atoms with Crippen LogP contribution in [0.1, 0.15) is 40.9 Å². The van der Waals surface area contributed by atoms with Crippen LogP contribution in [0.4, 0.5) is 0 Å². The van der Waals surface area contributed by atoms with Crippen LogP contribution < -0.4 is 0 Å². The van der Waals surface area contributed by atoms with Gasteiger partial charge in [-0.1, -0.05) is 17.8 Å². The van der Waals surface area contributed by atoms with E-state index in [1.54, 1.807) is 6.26 Å². The Bertz CT molecular complexity index is 929. The molecule has 1 unspecified atom stereocenters. The van der Waals surface area contributed by atoms with Crippen LogP contribution in [-0.2, 0) is 6.54 Å². The molecule has 3 rings (SSSR count). The number of hydrogen-bond acceptors (Lipinski definition) is 5. The number of carbonyl (C=O) groups excluding carboxylic acids is 1. The van der Waals surface area contributed by atoms with Crippen molar-refractivity contribution in [2.75, 3.05) is 0 Å². The molecule has 0 spiro atoms. The molecule has 1 atom stereocenters. The molecule has 0 fully saturated rings. The summed E-state index contributed by atoms with van der Waals surface area (Å²) < 4.78 is 7.41. The predicted molar refractivity (Wildman–Crippen MR) is 104 cm³/mol. The fourth-order valence-electron chi connectivity index (χ4n) is 2.91. The number of carbonyl (C=O) groups is 1. The SMILES string of the molecule is CCn1c(SC(C)C(=O)c2cc(C)c(C)cc2C)nnc1-c1ccco1. The van der Waals surface area contributed by atoms with E-state index in [1.807, 2.05) is 50.5 Å². The maximum atomic E-state index is 13.0. The van der Waals surface area contributed by atoms with Crippen LogP contribution in [0.5, 0.6) is 0 Å². The summed E-state index contributed by atoms with van der Waals surface area (Å²) in [6.07, 6.45) is 1.62. The second-order valence-corrected chi connectivity index (χ2v) is 7.71. The molecular formula is C20H23N3O2S. The van der Waals surface area contributed by atoms with Gasteiger partial charge >= 0.3 is 0 Å². The lowest BCUT2D eigenvalue weighted by atomic mass is 9.97. The van der Waals surface area contributed by atoms with E-state index < -0.39 is 0 Å². The predicted octanol–water partition coefficient (Wildman–Crippen LogP) is 4.85. The molecular weight excluding hydrogens is 346 g/mol. The fourth-order valence-corrected chi connectivity index (χ4v) is 3.89. The highest BCUT2D eigenvalue weighted by atomic mass is 32.2. The van der Waals surface area contributed by atoms with Gasteiger partial charge in [0.05, 0.1) is 11.5 Å². The zero-order chi connectivity index (χ0) is 18.8. The lowest BCUT2D eigenvalue weighted by Gasteiger charge is -2.14. The summed E-state index contributed by atoms with van der Waals surface area (Å²) in [7, 11) is 0. The topological polar surface area (TPSA) is 60.9 Å². The Morgan fingerprint density at radius 3 is 2.58 bits per heavy atom. The van der Waals surface area contributed by atoms with Gasteiger partial charge in [-0.05, 0) is 69.5 Å². The molecule has 2 aromatic heterocycles. The number of aryl methyl sites for hydroxylation is 3. The number of benzene rings is 1. The molecule has 3 aromatic rings. The molecule has 2 heterocycles. The van der Waals surface area contributed by atoms with Crippen molar-refractivity contribution in [1.82, 2.24) is 14.8 Å². The number of Topliss-reactive ketones (excluding diaryl/α,β-unsaturated/α-hetero) is 1. The minimum absolute atomic E-state index is 0.112. The van der Waals surface area contributed by atoms with Crippen LogP contribution >= 0.6 is 11.8 Å². The first kappa shape index (κ1) is 18.5. The van der Waals surface area contributed by atoms with Crippen LogP contribution in [0.25, 0.3) is 11.6 Å². The number of ketones is 1. The van der Waals surface area contributed by atoms with Gasteiger partial charge < -0.3 is 4.42 Å². The molecule has 0 saturated carbocycles. The van der Waals surface area contributed by atoms with Crippen molar-refractivity contribution in [2.24, 2.45) is 0 Å². The molecule has 0 aliphatic heterocycles. The van der Waals surface area contributed by atoms with E-state index in [9.17, 15) is 4.79 Å². The summed E-state index contributed by atoms with van der Waals surface area (Å²) in [5, 5.41) is 8.99. The number of nitrogens with zero attached hydrogens (tertiary/aromatic N) is 3. The summed E-state index contributed by atoms with van der Waals surface area (Å²) in [6.45, 7) is 10.7. The lowest BCUT2D eigenvalue weighted by molar-refractivity contribution is 0.0993. The average Bonchev–Trinajstić information content (AvgIpc) is 3.26. The molecule has 1 aromatic carbocycles. The molecule has 0 N–H and O–H groups in total. The molecule has 136 valence electrons. The summed E-state index contributed by atoms with van der Waals surface area (Å²) in [6, 6.07) is 7.75. The number of furan rings is 1. The number of hydrogen-bond donors (Lipinski definition) is 0. The van der Waals surface area contributed by atoms with Gasteiger partial charge in [-0.2, -0.15) is 0 Å². The zero-order valence-corrected chi connectivity index (χ0v) is 16.6. The van der Waals surface area contributed by atoms with Crippen LogP contribution in [-0.4, -0.2) is 25.8 Å². The maximum Gasteiger partial charge on any atom is 0.200 e. The third-order valence-electron chi connectivity index (χ3n) is 4.53. The van der Waals surface area contributed by atoms with E-state index in [4.69, 9.17) is 4.42 Å². The highest BCUT2D eigenvalue weighted by molar-refractivity contribution is 8.00. The Morgan fingerprint density at radius 2 is 1.92 bits per heavy atom. The van der Waals surface area contributed by atoms with Crippen molar-refractivity contribution in [1.29, 1.82) is 0 Å². The standard InChI is InChI=1S/C20H23N3O2S/c1-6-23-19(17-8-7-9-25-17)21-22-20(23)26-15(5)18(24)16-11-13(3)12(2)10-14(16)4/h7-11,15H,6H2,1-5H3. The monoisotopic (exact) mass is 369 g/mol. The van der Waals surface area contributed by atoms with Crippen molar-refractivity contribution < 1.29 is 9.21 Å². The van der Waals surface area contributed by atoms with Gasteiger partial charge in [-0.15, -0.1) is 10.2 Å². The van der Waals surface area contributed by atoms with Crippen LogP contribution in [0.2, 0.25) is 0 Å². The Kier molecular flexibility index (Phi) is 5.32. The Hall–Kier alpha value is -2.34. The van der Waals surface area contributed by atoms with Gasteiger partial charge in [0.2, 0.25) is 0 Å². The molecule has 0 amide bonds. The van der Waals surface area contributed by atoms with Crippen LogP contribution in [0.3, 0.4) is 0 Å². The van der Waals surface area contributed by atoms with Crippen molar-refractivity contribution in [2.45, 2.75) is 51.6 Å². The smallest absolute Gasteiger partial charge is 0.200 e. The Morgan fingerprint density at radius 1 is 1.19 bits per heavy atom. The van der Waals surface area contributed by atoms with Gasteiger partial charge in [-0.3, -0.25) is 9.36 Å². The van der Waals surface area contributed by atoms with E-state index in [0.29, 0.717) is 18.1 Å². The van der Waals surface area contributed by atoms with E-state index in [1.165, 1.54) is 17.3 Å². The van der Waals surface area contributed by atoms with Crippen LogP contribution in [0.15, 0.2) is 40.1 Å². The minimum atomic E-state index is -0.255. The van der Waals surface area contributed by atoms with E-state index in [0.717, 1.165) is 21.8 Å². The van der Waals surface area contributed by atoms with Crippen molar-refractivity contribution >= 4 is 17.5 Å². The molecule has 26 heavy (non-hydrogen) atoms. The van der Waals surface area contributed by atoms with E-state index >= 15 is 0 Å². The second kappa shape index (κ2) is 7.50. The summed E-state index contributed by atoms with van der Waals surface area (Å²) in [4.78, 5) is 13.0. The van der Waals surface area contributed by atoms with Crippen molar-refractivity contribution in [3.8, 4) is 11.6 Å². The molecule has 0 aliphatic carbocycles. The third kappa shape index (κ3) is 3.46. The molecule has 0 bridgehead atoms. The second-order valence-electron chi connectivity index (χ2n) is 6.40. The Labute approximate surface area is 157 Å². The largest absolute Gasteiger partial charge is 0.461 e. The highest BCUT2D eigenvalue weighted by Gasteiger charge is 2.23. The first-order chi connectivity index (χ1) is 12.4. The van der Waals surface area contributed by atoms with Gasteiger partial charge in [0.25, 0.3) is 0 Å². The third-order valence-corrected chi connectivity index (χ3v) is 5.61. The molecule has 0 aliphatic rings. The average molecular weight is 369 g/mol. The van der Waals surface area contributed by atoms with Crippen molar-refractivity contribution in [3.05, 3.63) is 52.8 Å². The highest BCUT2D eigenvalue weighted by Crippen LogP contribution is 2.29. The number of rotatable bonds is 6. The van der Waals surface area contributed by atoms with E-state index in [2.05, 4.69) is 23.2 Å². The number of thioether (sulfide) groups is 1. The Balaban J connectivity index is 1.85. The lowest BCUT2D eigenvalue weighted by Crippen LogP contribution is -2.16. The van der Waals surface area contributed by atoms with Gasteiger partial charge in [-0.25, -0.2) is 0 Å². The summed E-state index contributed by atoms with van der Waals surface area (Å²) in [5.74, 6) is 1.47. The molecule has 0 saturated heterocycles. The molecule has 5 nitrogen and oxygen atoms in total. The summed E-state index contributed by atoms with van der Waals surface area (Å²) in [5.41, 5.74) is 4.13. The maximum absolute atomic E-state index is 13.0. The molecule has 0 radical (unpaired) electrons. The zero-order valence-electron chi connectivity index (χ0n) is 15.7. The van der Waals surface area contributed by atoms with Gasteiger partial charge in [0.15, 0.2) is 22.5 Å². The summed E-state index contributed by atoms with van der Waals surface area (Å²) >= 11 is 1.43. The minimum Gasteiger partial charge on any atom is -0.461 e. The van der Waals surface area contributed by atoms with Gasteiger partial charge in [0.1, 0.15) is 0 Å². The fraction of sp³-hybridized carbons (Fsp3) is 0.350. The first-order valence-electron chi connectivity index (χ1n) is 8.68. The molecule has 6 heteroatoms. The quantitative estimate of drug-likeness (QED) is 0.459.